The highest BCUT2D eigenvalue weighted by atomic mass is 19.4. The smallest absolute Gasteiger partial charge is 0.404 e. The normalized spacial score (nSPS) is 26.6. The van der Waals surface area contributed by atoms with Gasteiger partial charge in [-0.2, -0.15) is 13.2 Å². The van der Waals surface area contributed by atoms with Crippen LogP contribution < -0.4 is 5.32 Å². The van der Waals surface area contributed by atoms with Crippen LogP contribution in [0.4, 0.5) is 13.2 Å². The number of carboxylic acid groups (broad SMARTS) is 1. The summed E-state index contributed by atoms with van der Waals surface area (Å²) in [7, 11) is 0. The monoisotopic (exact) mass is 287 g/mol. The number of carboxylic acids is 1. The van der Waals surface area contributed by atoms with Crippen LogP contribution in [0.15, 0.2) is 30.3 Å². The van der Waals surface area contributed by atoms with Crippen molar-refractivity contribution in [2.45, 2.75) is 38.0 Å². The zero-order valence-electron chi connectivity index (χ0n) is 10.8. The van der Waals surface area contributed by atoms with Crippen molar-refractivity contribution in [1.29, 1.82) is 0 Å². The zero-order valence-corrected chi connectivity index (χ0v) is 10.8. The fraction of sp³-hybridized carbons (Fsp3) is 0.500. The number of nitrogens with one attached hydrogen (secondary N) is 1. The van der Waals surface area contributed by atoms with E-state index in [2.05, 4.69) is 5.32 Å². The predicted molar refractivity (Wildman–Crippen MR) is 67.0 cm³/mol. The molecule has 0 radical (unpaired) electrons. The van der Waals surface area contributed by atoms with Crippen LogP contribution in [-0.2, 0) is 11.3 Å². The fourth-order valence-corrected chi connectivity index (χ4v) is 2.65. The van der Waals surface area contributed by atoms with E-state index in [-0.39, 0.29) is 12.8 Å². The van der Waals surface area contributed by atoms with E-state index >= 15 is 0 Å². The van der Waals surface area contributed by atoms with Gasteiger partial charge in [-0.1, -0.05) is 30.3 Å². The molecular weight excluding hydrogens is 271 g/mol. The molecule has 2 N–H and O–H groups in total. The summed E-state index contributed by atoms with van der Waals surface area (Å²) < 4.78 is 39.0. The van der Waals surface area contributed by atoms with Gasteiger partial charge in [-0.15, -0.1) is 0 Å². The molecule has 1 saturated carbocycles. The van der Waals surface area contributed by atoms with Crippen LogP contribution in [0.1, 0.15) is 24.8 Å². The van der Waals surface area contributed by atoms with Crippen LogP contribution in [0.25, 0.3) is 0 Å². The summed E-state index contributed by atoms with van der Waals surface area (Å²) in [6.45, 7) is 0.444. The van der Waals surface area contributed by atoms with E-state index in [1.807, 2.05) is 30.3 Å². The molecule has 1 aromatic rings. The quantitative estimate of drug-likeness (QED) is 0.895. The third kappa shape index (κ3) is 2.80. The number of aliphatic carboxylic acids is 1. The van der Waals surface area contributed by atoms with Crippen molar-refractivity contribution in [2.75, 3.05) is 0 Å². The van der Waals surface area contributed by atoms with Gasteiger partial charge in [-0.05, 0) is 24.8 Å². The third-order valence-corrected chi connectivity index (χ3v) is 3.90. The van der Waals surface area contributed by atoms with Crippen molar-refractivity contribution in [3.8, 4) is 0 Å². The molecule has 0 aromatic heterocycles. The van der Waals surface area contributed by atoms with E-state index in [1.165, 1.54) is 0 Å². The number of alkyl halides is 3. The Morgan fingerprint density at radius 1 is 1.35 bits per heavy atom. The van der Waals surface area contributed by atoms with Gasteiger partial charge in [-0.3, -0.25) is 4.79 Å². The molecule has 0 spiro atoms. The molecule has 2 atom stereocenters. The Kier molecular flexibility index (Phi) is 4.04. The molecule has 0 heterocycles. The summed E-state index contributed by atoms with van der Waals surface area (Å²) in [4.78, 5) is 11.0. The maximum atomic E-state index is 13.0. The number of hydrogen-bond acceptors (Lipinski definition) is 2. The lowest BCUT2D eigenvalue weighted by molar-refractivity contribution is -0.230. The van der Waals surface area contributed by atoms with Crippen LogP contribution in [0.2, 0.25) is 0 Å². The fourth-order valence-electron chi connectivity index (χ4n) is 2.65. The van der Waals surface area contributed by atoms with E-state index in [0.29, 0.717) is 6.54 Å². The van der Waals surface area contributed by atoms with E-state index in [0.717, 1.165) is 5.56 Å². The second kappa shape index (κ2) is 5.44. The lowest BCUT2D eigenvalue weighted by Crippen LogP contribution is -2.44. The van der Waals surface area contributed by atoms with Crippen LogP contribution in [0.5, 0.6) is 0 Å². The molecule has 0 amide bonds. The van der Waals surface area contributed by atoms with E-state index in [4.69, 9.17) is 5.11 Å². The van der Waals surface area contributed by atoms with Gasteiger partial charge < -0.3 is 10.4 Å². The van der Waals surface area contributed by atoms with Gasteiger partial charge in [0, 0.05) is 12.6 Å². The van der Waals surface area contributed by atoms with E-state index in [1.54, 1.807) is 0 Å². The highest BCUT2D eigenvalue weighted by Crippen LogP contribution is 2.50. The largest absolute Gasteiger partial charge is 0.481 e. The van der Waals surface area contributed by atoms with Gasteiger partial charge in [0.1, 0.15) is 0 Å². The number of hydrogen-bond donors (Lipinski definition) is 2. The molecule has 1 aliphatic rings. The number of halogens is 3. The van der Waals surface area contributed by atoms with Crippen LogP contribution >= 0.6 is 0 Å². The van der Waals surface area contributed by atoms with Gasteiger partial charge in [0.2, 0.25) is 0 Å². The average Bonchev–Trinajstić information content (AvgIpc) is 2.83. The van der Waals surface area contributed by atoms with Crippen LogP contribution in [0.3, 0.4) is 0 Å². The lowest BCUT2D eigenvalue weighted by Gasteiger charge is -2.27. The Balaban J connectivity index is 1.99. The molecular formula is C14H16F3NO2. The molecule has 20 heavy (non-hydrogen) atoms. The SMILES string of the molecule is O=C(O)C1(C(F)(F)F)CCC(NCc2ccccc2)C1. The second-order valence-electron chi connectivity index (χ2n) is 5.19. The molecule has 0 saturated heterocycles. The zero-order chi connectivity index (χ0) is 14.8. The Hall–Kier alpha value is -1.56. The summed E-state index contributed by atoms with van der Waals surface area (Å²) >= 11 is 0. The van der Waals surface area contributed by atoms with E-state index < -0.39 is 30.0 Å². The molecule has 2 rings (SSSR count). The van der Waals surface area contributed by atoms with Crippen molar-refractivity contribution in [3.05, 3.63) is 35.9 Å². The summed E-state index contributed by atoms with van der Waals surface area (Å²) in [5, 5.41) is 12.0. The minimum Gasteiger partial charge on any atom is -0.481 e. The highest BCUT2D eigenvalue weighted by Gasteiger charge is 2.63. The molecule has 1 fully saturated rings. The average molecular weight is 287 g/mol. The first-order valence-corrected chi connectivity index (χ1v) is 6.42. The lowest BCUT2D eigenvalue weighted by atomic mass is 9.85. The molecule has 3 nitrogen and oxygen atoms in total. The van der Waals surface area contributed by atoms with Crippen molar-refractivity contribution >= 4 is 5.97 Å². The molecule has 2 unspecified atom stereocenters. The molecule has 1 aromatic carbocycles. The number of benzene rings is 1. The van der Waals surface area contributed by atoms with Crippen molar-refractivity contribution < 1.29 is 23.1 Å². The van der Waals surface area contributed by atoms with Crippen molar-refractivity contribution in [2.24, 2.45) is 5.41 Å². The maximum absolute atomic E-state index is 13.0. The minimum atomic E-state index is -4.71. The summed E-state index contributed by atoms with van der Waals surface area (Å²) in [5.41, 5.74) is -1.63. The van der Waals surface area contributed by atoms with Gasteiger partial charge in [0.15, 0.2) is 5.41 Å². The van der Waals surface area contributed by atoms with Crippen molar-refractivity contribution in [1.82, 2.24) is 5.32 Å². The first-order chi connectivity index (χ1) is 9.35. The first kappa shape index (κ1) is 14.8. The molecule has 0 bridgehead atoms. The summed E-state index contributed by atoms with van der Waals surface area (Å²) in [6, 6.07) is 8.88. The summed E-state index contributed by atoms with van der Waals surface area (Å²) in [6.07, 6.45) is -5.25. The minimum absolute atomic E-state index is 0.221. The first-order valence-electron chi connectivity index (χ1n) is 6.42. The standard InChI is InChI=1S/C14H16F3NO2/c15-14(16,17)13(12(19)20)7-6-11(8-13)18-9-10-4-2-1-3-5-10/h1-5,11,18H,6-9H2,(H,19,20). The van der Waals surface area contributed by atoms with Gasteiger partial charge >= 0.3 is 12.1 Å². The Labute approximate surface area is 114 Å². The maximum Gasteiger partial charge on any atom is 0.404 e. The predicted octanol–water partition coefficient (Wildman–Crippen LogP) is 2.96. The Bertz CT molecular complexity index is 475. The van der Waals surface area contributed by atoms with Gasteiger partial charge in [0.25, 0.3) is 0 Å². The summed E-state index contributed by atoms with van der Waals surface area (Å²) in [5.74, 6) is -1.77. The van der Waals surface area contributed by atoms with Gasteiger partial charge in [-0.25, -0.2) is 0 Å². The Morgan fingerprint density at radius 3 is 2.50 bits per heavy atom. The highest BCUT2D eigenvalue weighted by molar-refractivity contribution is 5.76. The van der Waals surface area contributed by atoms with Crippen molar-refractivity contribution in [3.63, 3.8) is 0 Å². The molecule has 110 valence electrons. The van der Waals surface area contributed by atoms with E-state index in [9.17, 15) is 18.0 Å². The van der Waals surface area contributed by atoms with Crippen LogP contribution in [0, 0.1) is 5.41 Å². The van der Waals surface area contributed by atoms with Gasteiger partial charge in [0.05, 0.1) is 0 Å². The van der Waals surface area contributed by atoms with Crippen LogP contribution in [-0.4, -0.2) is 23.3 Å². The topological polar surface area (TPSA) is 49.3 Å². The Morgan fingerprint density at radius 2 is 2.00 bits per heavy atom. The third-order valence-electron chi connectivity index (χ3n) is 3.90. The number of rotatable bonds is 4. The molecule has 1 aliphatic carbocycles. The molecule has 6 heteroatoms. The molecule has 0 aliphatic heterocycles. The number of carbonyl (C=O) groups is 1. The second-order valence-corrected chi connectivity index (χ2v) is 5.19.